The molecule has 1 aliphatic carbocycles. The molecule has 1 fully saturated rings. The van der Waals surface area contributed by atoms with Crippen LogP contribution in [0, 0.1) is 0 Å². The molecule has 0 atom stereocenters. The largest absolute Gasteiger partial charge is 1.00 e. The van der Waals surface area contributed by atoms with Gasteiger partial charge in [-0.25, -0.2) is 12.1 Å². The van der Waals surface area contributed by atoms with Crippen molar-refractivity contribution in [2.45, 2.75) is 38.0 Å². The molecule has 1 aliphatic rings. The van der Waals surface area contributed by atoms with E-state index in [4.69, 9.17) is 0 Å². The van der Waals surface area contributed by atoms with Crippen LogP contribution in [-0.4, -0.2) is 0 Å². The summed E-state index contributed by atoms with van der Waals surface area (Å²) in [4.78, 5) is 0. The van der Waals surface area contributed by atoms with Crippen molar-refractivity contribution < 1.29 is 29.6 Å². The zero-order valence-corrected chi connectivity index (χ0v) is 9.92. The van der Waals surface area contributed by atoms with Crippen LogP contribution in [0.4, 0.5) is 0 Å². The molecule has 0 unspecified atom stereocenters. The van der Waals surface area contributed by atoms with Gasteiger partial charge in [-0.05, 0) is 0 Å². The molecule has 0 spiro atoms. The average molecular weight is 170 g/mol. The molecule has 0 radical (unpaired) electrons. The van der Waals surface area contributed by atoms with Crippen molar-refractivity contribution in [3.8, 4) is 0 Å². The molecule has 0 aromatic heterocycles. The Hall–Kier alpha value is 0.350. The van der Waals surface area contributed by atoms with Crippen LogP contribution in [0.15, 0.2) is 24.3 Å². The third-order valence-electron chi connectivity index (χ3n) is 2.77. The van der Waals surface area contributed by atoms with Crippen LogP contribution in [0.5, 0.6) is 0 Å². The minimum absolute atomic E-state index is 0. The van der Waals surface area contributed by atoms with Crippen LogP contribution in [0.25, 0.3) is 0 Å². The third kappa shape index (κ3) is 2.42. The molecule has 0 N–H and O–H groups in total. The Morgan fingerprint density at radius 2 is 1.50 bits per heavy atom. The summed E-state index contributed by atoms with van der Waals surface area (Å²) in [5, 5.41) is 0. The van der Waals surface area contributed by atoms with Crippen LogP contribution in [0.2, 0.25) is 0 Å². The monoisotopic (exact) mass is 170 g/mol. The van der Waals surface area contributed by atoms with Crippen molar-refractivity contribution in [1.82, 2.24) is 0 Å². The van der Waals surface area contributed by atoms with Gasteiger partial charge in [-0.15, -0.1) is 0 Å². The molecule has 0 saturated heterocycles. The molecule has 0 heterocycles. The van der Waals surface area contributed by atoms with E-state index >= 15 is 0 Å². The molecule has 0 amide bonds. The van der Waals surface area contributed by atoms with E-state index in [0.29, 0.717) is 0 Å². The maximum Gasteiger partial charge on any atom is 1.00 e. The number of hydrogen-bond donors (Lipinski definition) is 0. The van der Waals surface area contributed by atoms with E-state index in [2.05, 4.69) is 24.3 Å². The molecule has 0 bridgehead atoms. The van der Waals surface area contributed by atoms with Gasteiger partial charge in [0.25, 0.3) is 0 Å². The average Bonchev–Trinajstić information content (AvgIpc) is 2.58. The summed E-state index contributed by atoms with van der Waals surface area (Å²) >= 11 is 0. The van der Waals surface area contributed by atoms with Gasteiger partial charge in [0.05, 0.1) is 0 Å². The second-order valence-corrected chi connectivity index (χ2v) is 3.55. The maximum atomic E-state index is 2.27. The minimum Gasteiger partial charge on any atom is -0.213 e. The standard InChI is InChI=1S/C11H15.Na/c1-2-6-10(7-3-1)11-8-4-5-9-11;/h4-5,8-10H,1-3,6-7H2;/q-1;+1. The predicted molar refractivity (Wildman–Crippen MR) is 47.9 cm³/mol. The van der Waals surface area contributed by atoms with Gasteiger partial charge in [-0.3, -0.25) is 0 Å². The van der Waals surface area contributed by atoms with Crippen LogP contribution < -0.4 is 29.6 Å². The molecular formula is C11H15Na. The number of hydrogen-bond acceptors (Lipinski definition) is 0. The molecular weight excluding hydrogens is 155 g/mol. The molecule has 1 saturated carbocycles. The van der Waals surface area contributed by atoms with Crippen molar-refractivity contribution in [2.75, 3.05) is 0 Å². The normalized spacial score (nSPS) is 18.7. The summed E-state index contributed by atoms with van der Waals surface area (Å²) in [6.07, 6.45) is 7.18. The van der Waals surface area contributed by atoms with Crippen LogP contribution in [-0.2, 0) is 0 Å². The van der Waals surface area contributed by atoms with E-state index in [1.165, 1.54) is 32.1 Å². The minimum atomic E-state index is 0. The predicted octanol–water partition coefficient (Wildman–Crippen LogP) is 0.457. The van der Waals surface area contributed by atoms with E-state index in [1.54, 1.807) is 5.56 Å². The first-order valence-corrected chi connectivity index (χ1v) is 4.68. The fourth-order valence-electron chi connectivity index (χ4n) is 2.10. The summed E-state index contributed by atoms with van der Waals surface area (Å²) in [5.74, 6) is 0.888. The van der Waals surface area contributed by atoms with E-state index in [1.807, 2.05) is 0 Å². The fourth-order valence-corrected chi connectivity index (χ4v) is 2.10. The van der Waals surface area contributed by atoms with Crippen LogP contribution in [0.1, 0.15) is 43.6 Å². The molecule has 12 heavy (non-hydrogen) atoms. The van der Waals surface area contributed by atoms with Crippen molar-refractivity contribution in [3.63, 3.8) is 0 Å². The van der Waals surface area contributed by atoms with Crippen LogP contribution in [0.3, 0.4) is 0 Å². The van der Waals surface area contributed by atoms with Gasteiger partial charge in [0.2, 0.25) is 0 Å². The molecule has 1 aromatic rings. The zero-order chi connectivity index (χ0) is 7.52. The summed E-state index contributed by atoms with van der Waals surface area (Å²) in [6, 6.07) is 8.86. The Morgan fingerprint density at radius 1 is 0.917 bits per heavy atom. The van der Waals surface area contributed by atoms with Gasteiger partial charge in [-0.2, -0.15) is 17.7 Å². The Morgan fingerprint density at radius 3 is 2.08 bits per heavy atom. The van der Waals surface area contributed by atoms with E-state index in [-0.39, 0.29) is 29.6 Å². The summed E-state index contributed by atoms with van der Waals surface area (Å²) in [5.41, 5.74) is 1.57. The molecule has 1 aromatic carbocycles. The van der Waals surface area contributed by atoms with E-state index in [0.717, 1.165) is 5.92 Å². The molecule has 60 valence electrons. The second kappa shape index (κ2) is 5.16. The van der Waals surface area contributed by atoms with Gasteiger partial charge >= 0.3 is 29.6 Å². The summed E-state index contributed by atoms with van der Waals surface area (Å²) in [6.45, 7) is 0. The molecule has 0 nitrogen and oxygen atoms in total. The third-order valence-corrected chi connectivity index (χ3v) is 2.77. The SMILES string of the molecule is [Na+].c1cc[c-](C2CCCCC2)c1. The number of rotatable bonds is 1. The van der Waals surface area contributed by atoms with Gasteiger partial charge in [0.1, 0.15) is 0 Å². The van der Waals surface area contributed by atoms with Gasteiger partial charge in [0.15, 0.2) is 0 Å². The van der Waals surface area contributed by atoms with Crippen molar-refractivity contribution in [1.29, 1.82) is 0 Å². The molecule has 2 rings (SSSR count). The first-order chi connectivity index (χ1) is 5.47. The van der Waals surface area contributed by atoms with Crippen molar-refractivity contribution in [2.24, 2.45) is 0 Å². The molecule has 1 heteroatoms. The van der Waals surface area contributed by atoms with Crippen molar-refractivity contribution >= 4 is 0 Å². The topological polar surface area (TPSA) is 0 Å². The van der Waals surface area contributed by atoms with Crippen LogP contribution >= 0.6 is 0 Å². The van der Waals surface area contributed by atoms with Crippen molar-refractivity contribution in [3.05, 3.63) is 29.8 Å². The molecule has 0 aliphatic heterocycles. The fraction of sp³-hybridized carbons (Fsp3) is 0.545. The first kappa shape index (κ1) is 10.4. The smallest absolute Gasteiger partial charge is 0.213 e. The van der Waals surface area contributed by atoms with Gasteiger partial charge in [0, 0.05) is 0 Å². The summed E-state index contributed by atoms with van der Waals surface area (Å²) < 4.78 is 0. The zero-order valence-electron chi connectivity index (χ0n) is 7.92. The Labute approximate surface area is 97.0 Å². The van der Waals surface area contributed by atoms with Gasteiger partial charge in [-0.1, -0.05) is 38.0 Å². The second-order valence-electron chi connectivity index (χ2n) is 3.55. The van der Waals surface area contributed by atoms with E-state index < -0.39 is 0 Å². The Bertz CT molecular complexity index is 195. The Kier molecular flexibility index (Phi) is 4.49. The first-order valence-electron chi connectivity index (χ1n) is 4.68. The maximum absolute atomic E-state index is 2.27. The van der Waals surface area contributed by atoms with E-state index in [9.17, 15) is 0 Å². The Balaban J connectivity index is 0.000000720. The van der Waals surface area contributed by atoms with Gasteiger partial charge < -0.3 is 0 Å². The summed E-state index contributed by atoms with van der Waals surface area (Å²) in [7, 11) is 0. The quantitative estimate of drug-likeness (QED) is 0.424.